The number of amides is 1. The molecule has 1 amide bonds. The number of rotatable bonds is 8. The van der Waals surface area contributed by atoms with Crippen LogP contribution in [-0.2, 0) is 4.79 Å². The number of halogens is 1. The van der Waals surface area contributed by atoms with E-state index in [0.717, 1.165) is 28.6 Å². The van der Waals surface area contributed by atoms with Crippen molar-refractivity contribution >= 4 is 52.7 Å². The van der Waals surface area contributed by atoms with Gasteiger partial charge in [0.1, 0.15) is 0 Å². The molecule has 4 N–H and O–H groups in total. The zero-order valence-corrected chi connectivity index (χ0v) is 18.6. The SMILES string of the molecule is CC(/C=C/c1ccccc1)=N\Nc1nnc(SCC(=O)Nc2cc(Cl)ccc2C)n1N. The Labute approximate surface area is 189 Å². The average Bonchev–Trinajstić information content (AvgIpc) is 3.12. The molecule has 0 unspecified atom stereocenters. The van der Waals surface area contributed by atoms with E-state index in [4.69, 9.17) is 17.4 Å². The van der Waals surface area contributed by atoms with Gasteiger partial charge in [0.05, 0.1) is 11.5 Å². The number of carbonyl (C=O) groups excluding carboxylic acids is 1. The van der Waals surface area contributed by atoms with Crippen LogP contribution in [0.25, 0.3) is 6.08 Å². The number of hydrogen-bond donors (Lipinski definition) is 3. The van der Waals surface area contributed by atoms with Crippen LogP contribution in [0, 0.1) is 6.92 Å². The van der Waals surface area contributed by atoms with Crippen LogP contribution >= 0.6 is 23.4 Å². The molecule has 0 aliphatic rings. The fraction of sp³-hybridized carbons (Fsp3) is 0.143. The number of nitrogens with zero attached hydrogens (tertiary/aromatic N) is 4. The summed E-state index contributed by atoms with van der Waals surface area (Å²) in [6.07, 6.45) is 3.83. The van der Waals surface area contributed by atoms with Crippen LogP contribution in [0.1, 0.15) is 18.1 Å². The van der Waals surface area contributed by atoms with Crippen molar-refractivity contribution in [3.8, 4) is 0 Å². The fourth-order valence-electron chi connectivity index (χ4n) is 2.45. The summed E-state index contributed by atoms with van der Waals surface area (Å²) in [5.74, 6) is 6.19. The first-order valence-corrected chi connectivity index (χ1v) is 10.7. The van der Waals surface area contributed by atoms with Crippen molar-refractivity contribution < 1.29 is 4.79 Å². The highest BCUT2D eigenvalue weighted by molar-refractivity contribution is 7.99. The summed E-state index contributed by atoms with van der Waals surface area (Å²) >= 11 is 7.15. The highest BCUT2D eigenvalue weighted by Crippen LogP contribution is 2.21. The summed E-state index contributed by atoms with van der Waals surface area (Å²) < 4.78 is 1.25. The molecule has 2 aromatic carbocycles. The molecule has 160 valence electrons. The lowest BCUT2D eigenvalue weighted by Gasteiger charge is -2.08. The zero-order valence-electron chi connectivity index (χ0n) is 17.0. The molecular weight excluding hydrogens is 434 g/mol. The van der Waals surface area contributed by atoms with Crippen LogP contribution in [0.3, 0.4) is 0 Å². The third-order valence-corrected chi connectivity index (χ3v) is 5.30. The molecule has 3 rings (SSSR count). The minimum absolute atomic E-state index is 0.114. The number of aromatic nitrogens is 3. The number of thioether (sulfide) groups is 1. The Bertz CT molecular complexity index is 1110. The lowest BCUT2D eigenvalue weighted by molar-refractivity contribution is -0.113. The van der Waals surface area contributed by atoms with Gasteiger partial charge in [-0.3, -0.25) is 4.79 Å². The molecule has 10 heteroatoms. The third kappa shape index (κ3) is 6.59. The Morgan fingerprint density at radius 2 is 2.03 bits per heavy atom. The third-order valence-electron chi connectivity index (χ3n) is 4.12. The maximum absolute atomic E-state index is 12.3. The monoisotopic (exact) mass is 455 g/mol. The van der Waals surface area contributed by atoms with Gasteiger partial charge in [0.2, 0.25) is 11.1 Å². The molecule has 0 radical (unpaired) electrons. The quantitative estimate of drug-likeness (QED) is 0.203. The molecule has 0 saturated heterocycles. The van der Waals surface area contributed by atoms with Crippen LogP contribution < -0.4 is 16.6 Å². The van der Waals surface area contributed by atoms with Crippen LogP contribution in [0.4, 0.5) is 11.6 Å². The highest BCUT2D eigenvalue weighted by atomic mass is 35.5. The molecule has 0 saturated carbocycles. The van der Waals surface area contributed by atoms with Gasteiger partial charge in [0, 0.05) is 10.7 Å². The lowest BCUT2D eigenvalue weighted by Crippen LogP contribution is -2.17. The van der Waals surface area contributed by atoms with Crippen LogP contribution in [0.2, 0.25) is 5.02 Å². The van der Waals surface area contributed by atoms with Gasteiger partial charge < -0.3 is 11.2 Å². The topological polar surface area (TPSA) is 110 Å². The number of carbonyl (C=O) groups is 1. The van der Waals surface area contributed by atoms with E-state index >= 15 is 0 Å². The molecule has 0 atom stereocenters. The highest BCUT2D eigenvalue weighted by Gasteiger charge is 2.13. The summed E-state index contributed by atoms with van der Waals surface area (Å²) in [6, 6.07) is 15.2. The van der Waals surface area contributed by atoms with E-state index in [2.05, 4.69) is 26.0 Å². The standard InChI is InChI=1S/C21H22ClN7OS/c1-14-8-11-17(22)12-18(14)24-19(30)13-31-21-28-27-20(29(21)23)26-25-15(2)9-10-16-6-4-3-5-7-16/h3-12H,13,23H2,1-2H3,(H,24,30)(H,26,27)/b10-9+,25-15+. The van der Waals surface area contributed by atoms with Gasteiger partial charge >= 0.3 is 0 Å². The number of nitrogens with two attached hydrogens (primary N) is 1. The first-order valence-electron chi connectivity index (χ1n) is 9.35. The first kappa shape index (κ1) is 22.4. The van der Waals surface area contributed by atoms with Crippen LogP contribution in [0.5, 0.6) is 0 Å². The number of hydrogen-bond acceptors (Lipinski definition) is 7. The summed E-state index contributed by atoms with van der Waals surface area (Å²) in [5.41, 5.74) is 6.18. The number of nitrogen functional groups attached to an aromatic ring is 1. The van der Waals surface area contributed by atoms with Crippen LogP contribution in [0.15, 0.2) is 64.9 Å². The van der Waals surface area contributed by atoms with Gasteiger partial charge in [0.25, 0.3) is 5.95 Å². The maximum Gasteiger partial charge on any atom is 0.264 e. The number of anilines is 2. The molecule has 1 aromatic heterocycles. The normalized spacial score (nSPS) is 11.6. The van der Waals surface area contributed by atoms with Crippen molar-refractivity contribution in [3.63, 3.8) is 0 Å². The van der Waals surface area contributed by atoms with E-state index in [1.54, 1.807) is 12.1 Å². The molecule has 8 nitrogen and oxygen atoms in total. The number of nitrogens with one attached hydrogen (secondary N) is 2. The number of benzene rings is 2. The van der Waals surface area contributed by atoms with Crippen LogP contribution in [-0.4, -0.2) is 32.2 Å². The first-order chi connectivity index (χ1) is 14.9. The minimum Gasteiger partial charge on any atom is -0.334 e. The molecular formula is C21H22ClN7OS. The second-order valence-corrected chi connectivity index (χ2v) is 7.96. The van der Waals surface area contributed by atoms with E-state index in [1.165, 1.54) is 4.68 Å². The molecule has 1 heterocycles. The minimum atomic E-state index is -0.201. The zero-order chi connectivity index (χ0) is 22.2. The number of aryl methyl sites for hydroxylation is 1. The lowest BCUT2D eigenvalue weighted by atomic mass is 10.2. The largest absolute Gasteiger partial charge is 0.334 e. The summed E-state index contributed by atoms with van der Waals surface area (Å²) in [5, 5.41) is 16.0. The second kappa shape index (κ2) is 10.6. The van der Waals surface area contributed by atoms with Gasteiger partial charge in [-0.1, -0.05) is 65.8 Å². The Morgan fingerprint density at radius 1 is 1.26 bits per heavy atom. The van der Waals surface area contributed by atoms with Gasteiger partial charge in [0.15, 0.2) is 0 Å². The predicted octanol–water partition coefficient (Wildman–Crippen LogP) is 4.19. The Hall–Kier alpha value is -3.30. The summed E-state index contributed by atoms with van der Waals surface area (Å²) in [7, 11) is 0. The van der Waals surface area contributed by atoms with Gasteiger partial charge in [-0.05, 0) is 43.2 Å². The molecule has 0 aliphatic heterocycles. The Balaban J connectivity index is 1.54. The Kier molecular flexibility index (Phi) is 7.69. The van der Waals surface area contributed by atoms with E-state index in [0.29, 0.717) is 15.9 Å². The average molecular weight is 456 g/mol. The van der Waals surface area contributed by atoms with Crippen molar-refractivity contribution in [1.82, 2.24) is 14.9 Å². The van der Waals surface area contributed by atoms with Gasteiger partial charge in [-0.25, -0.2) is 10.1 Å². The summed E-state index contributed by atoms with van der Waals surface area (Å²) in [4.78, 5) is 12.3. The van der Waals surface area contributed by atoms with Crippen molar-refractivity contribution in [2.75, 3.05) is 22.3 Å². The van der Waals surface area contributed by atoms with E-state index < -0.39 is 0 Å². The summed E-state index contributed by atoms with van der Waals surface area (Å²) in [6.45, 7) is 3.74. The second-order valence-electron chi connectivity index (χ2n) is 6.58. The van der Waals surface area contributed by atoms with Gasteiger partial charge in [-0.15, -0.1) is 10.2 Å². The van der Waals surface area contributed by atoms with Crippen molar-refractivity contribution in [2.45, 2.75) is 19.0 Å². The van der Waals surface area contributed by atoms with E-state index in [1.807, 2.05) is 62.4 Å². The molecule has 0 spiro atoms. The van der Waals surface area contributed by atoms with Gasteiger partial charge in [-0.2, -0.15) is 5.10 Å². The maximum atomic E-state index is 12.3. The Morgan fingerprint density at radius 3 is 2.81 bits per heavy atom. The smallest absolute Gasteiger partial charge is 0.264 e. The van der Waals surface area contributed by atoms with Crippen molar-refractivity contribution in [3.05, 3.63) is 70.8 Å². The molecule has 0 bridgehead atoms. The van der Waals surface area contributed by atoms with Crippen molar-refractivity contribution in [1.29, 1.82) is 0 Å². The molecule has 0 fully saturated rings. The van der Waals surface area contributed by atoms with E-state index in [9.17, 15) is 4.79 Å². The molecule has 31 heavy (non-hydrogen) atoms. The molecule has 3 aromatic rings. The predicted molar refractivity (Wildman–Crippen MR) is 128 cm³/mol. The van der Waals surface area contributed by atoms with E-state index in [-0.39, 0.29) is 17.6 Å². The number of allylic oxidation sites excluding steroid dienone is 1. The number of hydrazone groups is 1. The molecule has 0 aliphatic carbocycles. The fourth-order valence-corrected chi connectivity index (χ4v) is 3.28. The van der Waals surface area contributed by atoms with Crippen molar-refractivity contribution in [2.24, 2.45) is 5.10 Å².